The number of esters is 1. The number of aromatic nitrogens is 1. The van der Waals surface area contributed by atoms with E-state index in [9.17, 15) is 4.79 Å². The van der Waals surface area contributed by atoms with Gasteiger partial charge in [-0.1, -0.05) is 74.9 Å². The fraction of sp³-hybridized carbons (Fsp3) is 0.459. The smallest absolute Gasteiger partial charge is 0.312 e. The van der Waals surface area contributed by atoms with Crippen LogP contribution in [0.5, 0.6) is 5.88 Å². The molecule has 8 heteroatoms. The van der Waals surface area contributed by atoms with E-state index >= 15 is 0 Å². The van der Waals surface area contributed by atoms with Gasteiger partial charge in [-0.2, -0.15) is 0 Å². The van der Waals surface area contributed by atoms with E-state index in [-0.39, 0.29) is 18.5 Å². The highest BCUT2D eigenvalue weighted by atomic mass is 16.5. The van der Waals surface area contributed by atoms with E-state index in [0.717, 1.165) is 36.3 Å². The number of ether oxygens (including phenoxy) is 2. The van der Waals surface area contributed by atoms with E-state index in [1.54, 1.807) is 17.4 Å². The lowest BCUT2D eigenvalue weighted by Crippen LogP contribution is -2.34. The summed E-state index contributed by atoms with van der Waals surface area (Å²) in [6, 6.07) is 20.3. The molecule has 45 heavy (non-hydrogen) atoms. The van der Waals surface area contributed by atoms with Crippen LogP contribution in [0.1, 0.15) is 87.6 Å². The number of carbonyl (C=O) groups excluding carboxylic acids is 1. The number of rotatable bonds is 12. The van der Waals surface area contributed by atoms with Crippen LogP contribution in [0.3, 0.4) is 0 Å². The zero-order chi connectivity index (χ0) is 32.8. The number of hydrogen-bond donors (Lipinski definition) is 2. The van der Waals surface area contributed by atoms with Crippen molar-refractivity contribution in [1.29, 1.82) is 0 Å². The second-order valence-corrected chi connectivity index (χ2v) is 12.3. The molecule has 4 N–H and O–H groups in total. The maximum absolute atomic E-state index is 13.6. The molecule has 0 radical (unpaired) electrons. The molecule has 1 aromatic heterocycles. The molecule has 0 fully saturated rings. The molecule has 0 spiro atoms. The van der Waals surface area contributed by atoms with Crippen LogP contribution >= 0.6 is 0 Å². The van der Waals surface area contributed by atoms with Crippen molar-refractivity contribution in [3.63, 3.8) is 0 Å². The van der Waals surface area contributed by atoms with Crippen LogP contribution in [-0.4, -0.2) is 40.6 Å². The van der Waals surface area contributed by atoms with E-state index in [0.29, 0.717) is 37.6 Å². The summed E-state index contributed by atoms with van der Waals surface area (Å²) >= 11 is 0. The van der Waals surface area contributed by atoms with Gasteiger partial charge in [-0.3, -0.25) is 9.69 Å². The Morgan fingerprint density at radius 1 is 1.13 bits per heavy atom. The minimum absolute atomic E-state index is 0.127. The van der Waals surface area contributed by atoms with Gasteiger partial charge in [0.1, 0.15) is 13.2 Å². The van der Waals surface area contributed by atoms with Crippen molar-refractivity contribution in [3.05, 3.63) is 107 Å². The second kappa shape index (κ2) is 17.6. The summed E-state index contributed by atoms with van der Waals surface area (Å²) < 4.78 is 11.8. The molecule has 1 atom stereocenters. The fourth-order valence-corrected chi connectivity index (χ4v) is 5.40. The molecule has 0 amide bonds. The van der Waals surface area contributed by atoms with Crippen LogP contribution in [0.4, 0.5) is 0 Å². The molecule has 1 unspecified atom stereocenters. The topological polar surface area (TPSA) is 107 Å². The summed E-state index contributed by atoms with van der Waals surface area (Å²) in [5, 5.41) is 1.58. The van der Waals surface area contributed by atoms with E-state index < -0.39 is 5.41 Å². The zero-order valence-corrected chi connectivity index (χ0v) is 28.1. The molecule has 0 bridgehead atoms. The van der Waals surface area contributed by atoms with Gasteiger partial charge in [0.15, 0.2) is 0 Å². The summed E-state index contributed by atoms with van der Waals surface area (Å²) in [5.41, 5.74) is 11.8. The molecule has 0 saturated heterocycles. The van der Waals surface area contributed by atoms with Gasteiger partial charge in [-0.15, -0.1) is 0 Å². The molecule has 2 aromatic carbocycles. The Kier molecular flexibility index (Phi) is 13.9. The van der Waals surface area contributed by atoms with Gasteiger partial charge in [-0.25, -0.2) is 10.8 Å². The largest absolute Gasteiger partial charge is 0.476 e. The fourth-order valence-electron chi connectivity index (χ4n) is 5.40. The van der Waals surface area contributed by atoms with Gasteiger partial charge >= 0.3 is 5.97 Å². The Bertz CT molecular complexity index is 1380. The first-order chi connectivity index (χ1) is 21.6. The predicted molar refractivity (Wildman–Crippen MR) is 182 cm³/mol. The Morgan fingerprint density at radius 2 is 1.87 bits per heavy atom. The van der Waals surface area contributed by atoms with Gasteiger partial charge in [-0.05, 0) is 74.8 Å². The van der Waals surface area contributed by atoms with Crippen molar-refractivity contribution in [2.45, 2.75) is 86.4 Å². The SMILES string of the molecule is CCC.CCN(N)/C=C(\N)CCC(c1ccc(C)c(CN2CCOc3ncccc3C2)c1)C(C)(C)C(=O)OCc1ccccc1. The maximum Gasteiger partial charge on any atom is 0.312 e. The van der Waals surface area contributed by atoms with Crippen LogP contribution in [0.2, 0.25) is 0 Å². The molecular weight excluding hydrogens is 562 g/mol. The third-order valence-corrected chi connectivity index (χ3v) is 8.09. The highest BCUT2D eigenvalue weighted by Gasteiger charge is 2.39. The molecule has 1 aliphatic rings. The average molecular weight is 616 g/mol. The number of hydrazine groups is 1. The number of nitrogens with two attached hydrogens (primary N) is 2. The first-order valence-electron chi connectivity index (χ1n) is 16.2. The van der Waals surface area contributed by atoms with Crippen molar-refractivity contribution >= 4 is 5.97 Å². The first kappa shape index (κ1) is 35.6. The Labute approximate surface area is 270 Å². The third-order valence-electron chi connectivity index (χ3n) is 8.09. The van der Waals surface area contributed by atoms with Crippen LogP contribution in [0.15, 0.2) is 78.8 Å². The Balaban J connectivity index is 0.00000177. The predicted octanol–water partition coefficient (Wildman–Crippen LogP) is 6.83. The lowest BCUT2D eigenvalue weighted by atomic mass is 9.72. The van der Waals surface area contributed by atoms with Crippen molar-refractivity contribution in [2.24, 2.45) is 17.0 Å². The molecule has 244 valence electrons. The molecule has 1 aliphatic heterocycles. The molecule has 8 nitrogen and oxygen atoms in total. The van der Waals surface area contributed by atoms with Crippen LogP contribution in [-0.2, 0) is 29.2 Å². The van der Waals surface area contributed by atoms with Gasteiger partial charge in [0, 0.05) is 49.8 Å². The van der Waals surface area contributed by atoms with E-state index in [4.69, 9.17) is 21.1 Å². The lowest BCUT2D eigenvalue weighted by molar-refractivity contribution is -0.156. The Morgan fingerprint density at radius 3 is 2.58 bits per heavy atom. The maximum atomic E-state index is 13.6. The van der Waals surface area contributed by atoms with Gasteiger partial charge in [0.25, 0.3) is 0 Å². The lowest BCUT2D eigenvalue weighted by Gasteiger charge is -2.33. The normalized spacial score (nSPS) is 14.2. The summed E-state index contributed by atoms with van der Waals surface area (Å²) in [4.78, 5) is 20.4. The minimum atomic E-state index is -0.796. The van der Waals surface area contributed by atoms with Crippen LogP contribution < -0.4 is 16.3 Å². The summed E-state index contributed by atoms with van der Waals surface area (Å²) in [6.45, 7) is 16.1. The van der Waals surface area contributed by atoms with Gasteiger partial charge in [0.05, 0.1) is 5.41 Å². The van der Waals surface area contributed by atoms with E-state index in [2.05, 4.69) is 54.9 Å². The average Bonchev–Trinajstić information content (AvgIpc) is 3.23. The van der Waals surface area contributed by atoms with Crippen LogP contribution in [0, 0.1) is 12.3 Å². The number of pyridine rings is 1. The van der Waals surface area contributed by atoms with Crippen LogP contribution in [0.25, 0.3) is 0 Å². The van der Waals surface area contributed by atoms with Crippen molar-refractivity contribution in [1.82, 2.24) is 14.9 Å². The molecule has 0 aliphatic carbocycles. The standard InChI is InChI=1S/C34H45N5O3.C3H8/c1-5-39(36)23-30(35)15-16-31(34(3,4)33(40)42-24-26-10-7-6-8-11-26)27-14-13-25(2)29(20-27)22-38-18-19-41-32-28(21-38)12-9-17-37-32;1-3-2/h6-14,17,20,23,31H,5,15-16,18-19,21-22,24,35-36H2,1-4H3;3H2,1-2H3/b30-23-;. The zero-order valence-electron chi connectivity index (χ0n) is 28.1. The van der Waals surface area contributed by atoms with E-state index in [1.807, 2.05) is 57.2 Å². The summed E-state index contributed by atoms with van der Waals surface area (Å²) in [7, 11) is 0. The third kappa shape index (κ3) is 10.6. The summed E-state index contributed by atoms with van der Waals surface area (Å²) in [6.07, 6.45) is 6.06. The molecule has 4 rings (SSSR count). The van der Waals surface area contributed by atoms with E-state index in [1.165, 1.54) is 17.5 Å². The second-order valence-electron chi connectivity index (χ2n) is 12.3. The summed E-state index contributed by atoms with van der Waals surface area (Å²) in [5.74, 6) is 6.33. The number of benzene rings is 2. The van der Waals surface area contributed by atoms with Crippen molar-refractivity contribution < 1.29 is 14.3 Å². The number of hydrogen-bond acceptors (Lipinski definition) is 8. The number of allylic oxidation sites excluding steroid dienone is 1. The van der Waals surface area contributed by atoms with Gasteiger partial charge < -0.3 is 20.2 Å². The molecule has 2 heterocycles. The number of carbonyl (C=O) groups is 1. The highest BCUT2D eigenvalue weighted by Crippen LogP contribution is 2.41. The number of aryl methyl sites for hydroxylation is 1. The first-order valence-corrected chi connectivity index (χ1v) is 16.2. The monoisotopic (exact) mass is 615 g/mol. The number of fused-ring (bicyclic) bond motifs is 1. The highest BCUT2D eigenvalue weighted by molar-refractivity contribution is 5.77. The molecule has 0 saturated carbocycles. The molecule has 3 aromatic rings. The molecular formula is C37H53N5O3. The van der Waals surface area contributed by atoms with Crippen molar-refractivity contribution in [2.75, 3.05) is 19.7 Å². The van der Waals surface area contributed by atoms with Crippen molar-refractivity contribution in [3.8, 4) is 5.88 Å². The van der Waals surface area contributed by atoms with Gasteiger partial charge in [0.2, 0.25) is 5.88 Å². The Hall–Kier alpha value is -3.88. The quantitative estimate of drug-likeness (QED) is 0.130. The number of nitrogens with zero attached hydrogens (tertiary/aromatic N) is 3. The minimum Gasteiger partial charge on any atom is -0.476 e.